The van der Waals surface area contributed by atoms with Crippen molar-refractivity contribution in [1.29, 1.82) is 0 Å². The van der Waals surface area contributed by atoms with E-state index in [0.29, 0.717) is 18.8 Å². The highest BCUT2D eigenvalue weighted by molar-refractivity contribution is 4.95. The van der Waals surface area contributed by atoms with E-state index >= 15 is 0 Å². The fourth-order valence-corrected chi connectivity index (χ4v) is 1.55. The number of hydrogen-bond acceptors (Lipinski definition) is 0. The van der Waals surface area contributed by atoms with Gasteiger partial charge in [-0.1, -0.05) is 19.1 Å². The van der Waals surface area contributed by atoms with Crippen LogP contribution in [-0.4, -0.2) is 5.67 Å². The molecule has 0 saturated heterocycles. The fourth-order valence-electron chi connectivity index (χ4n) is 1.55. The predicted molar refractivity (Wildman–Crippen MR) is 41.7 cm³/mol. The quantitative estimate of drug-likeness (QED) is 0.456. The molecule has 0 spiro atoms. The Morgan fingerprint density at radius 3 is 3.00 bits per heavy atom. The third-order valence-electron chi connectivity index (χ3n) is 2.04. The van der Waals surface area contributed by atoms with Crippen LogP contribution in [0.4, 0.5) is 4.39 Å². The van der Waals surface area contributed by atoms with Gasteiger partial charge in [-0.15, -0.1) is 0 Å². The topological polar surface area (TPSA) is 0 Å². The summed E-state index contributed by atoms with van der Waals surface area (Å²) in [5.41, 5.74) is -0.928. The molecule has 0 aliphatic heterocycles. The van der Waals surface area contributed by atoms with Crippen LogP contribution in [0.25, 0.3) is 0 Å². The van der Waals surface area contributed by atoms with Crippen LogP contribution >= 0.6 is 0 Å². The molecule has 0 aromatic carbocycles. The molecule has 1 heteroatoms. The molecule has 1 rings (SSSR count). The third-order valence-corrected chi connectivity index (χ3v) is 2.04. The van der Waals surface area contributed by atoms with Crippen molar-refractivity contribution in [2.24, 2.45) is 5.92 Å². The number of allylic oxidation sites excluding steroid dienone is 2. The first kappa shape index (κ1) is 7.77. The zero-order valence-electron chi connectivity index (χ0n) is 6.73. The zero-order valence-corrected chi connectivity index (χ0v) is 6.73. The van der Waals surface area contributed by atoms with Gasteiger partial charge in [-0.3, -0.25) is 0 Å². The second-order valence-electron chi connectivity index (χ2n) is 3.56. The second kappa shape index (κ2) is 2.73. The molecule has 0 aromatic heterocycles. The molecule has 2 unspecified atom stereocenters. The van der Waals surface area contributed by atoms with Gasteiger partial charge in [-0.2, -0.15) is 0 Å². The van der Waals surface area contributed by atoms with Crippen molar-refractivity contribution in [3.63, 3.8) is 0 Å². The van der Waals surface area contributed by atoms with Gasteiger partial charge in [0, 0.05) is 0 Å². The van der Waals surface area contributed by atoms with Gasteiger partial charge in [0.25, 0.3) is 0 Å². The van der Waals surface area contributed by atoms with Crippen LogP contribution in [0.2, 0.25) is 0 Å². The van der Waals surface area contributed by atoms with Crippen molar-refractivity contribution in [3.8, 4) is 0 Å². The Kier molecular flexibility index (Phi) is 2.12. The van der Waals surface area contributed by atoms with Crippen molar-refractivity contribution in [2.75, 3.05) is 0 Å². The highest BCUT2D eigenvalue weighted by atomic mass is 19.1. The Hall–Kier alpha value is -0.330. The van der Waals surface area contributed by atoms with Crippen molar-refractivity contribution < 1.29 is 4.39 Å². The maximum atomic E-state index is 13.3. The summed E-state index contributed by atoms with van der Waals surface area (Å²) in [6.07, 6.45) is 6.48. The molecule has 0 aromatic rings. The first-order valence-corrected chi connectivity index (χ1v) is 3.96. The van der Waals surface area contributed by atoms with Gasteiger partial charge in [0.2, 0.25) is 0 Å². The standard InChI is InChI=1S/C9H15F/c1-8-5-3-4-6-9(2,10)7-8/h3,5,8H,4,6-7H2,1-2H3. The van der Waals surface area contributed by atoms with Crippen LogP contribution in [0, 0.1) is 5.92 Å². The van der Waals surface area contributed by atoms with E-state index in [0.717, 1.165) is 6.42 Å². The molecule has 0 radical (unpaired) electrons. The number of halogens is 1. The highest BCUT2D eigenvalue weighted by Gasteiger charge is 2.25. The lowest BCUT2D eigenvalue weighted by Gasteiger charge is -2.19. The zero-order chi connectivity index (χ0) is 7.61. The van der Waals surface area contributed by atoms with E-state index in [4.69, 9.17) is 0 Å². The lowest BCUT2D eigenvalue weighted by atomic mass is 9.94. The van der Waals surface area contributed by atoms with Crippen LogP contribution in [-0.2, 0) is 0 Å². The molecule has 0 amide bonds. The summed E-state index contributed by atoms with van der Waals surface area (Å²) in [7, 11) is 0. The molecule has 2 atom stereocenters. The summed E-state index contributed by atoms with van der Waals surface area (Å²) in [4.78, 5) is 0. The molecular weight excluding hydrogens is 127 g/mol. The maximum Gasteiger partial charge on any atom is 0.109 e. The van der Waals surface area contributed by atoms with E-state index in [1.165, 1.54) is 0 Å². The molecule has 1 aliphatic rings. The average Bonchev–Trinajstić information content (AvgIpc) is 1.90. The summed E-state index contributed by atoms with van der Waals surface area (Å²) >= 11 is 0. The Morgan fingerprint density at radius 1 is 1.60 bits per heavy atom. The lowest BCUT2D eigenvalue weighted by molar-refractivity contribution is 0.152. The second-order valence-corrected chi connectivity index (χ2v) is 3.56. The first-order chi connectivity index (χ1) is 4.60. The number of rotatable bonds is 0. The van der Waals surface area contributed by atoms with Crippen molar-refractivity contribution in [3.05, 3.63) is 12.2 Å². The van der Waals surface area contributed by atoms with E-state index in [9.17, 15) is 4.39 Å². The van der Waals surface area contributed by atoms with E-state index in [2.05, 4.69) is 19.1 Å². The van der Waals surface area contributed by atoms with Gasteiger partial charge < -0.3 is 0 Å². The molecule has 0 N–H and O–H groups in total. The van der Waals surface area contributed by atoms with Gasteiger partial charge in [0.1, 0.15) is 5.67 Å². The first-order valence-electron chi connectivity index (χ1n) is 3.96. The van der Waals surface area contributed by atoms with E-state index in [-0.39, 0.29) is 0 Å². The largest absolute Gasteiger partial charge is 0.244 e. The molecule has 0 nitrogen and oxygen atoms in total. The third kappa shape index (κ3) is 2.13. The normalized spacial score (nSPS) is 41.3. The van der Waals surface area contributed by atoms with Gasteiger partial charge >= 0.3 is 0 Å². The minimum Gasteiger partial charge on any atom is -0.244 e. The Balaban J connectivity index is 2.55. The molecule has 0 bridgehead atoms. The van der Waals surface area contributed by atoms with Crippen molar-refractivity contribution in [2.45, 2.75) is 38.8 Å². The number of alkyl halides is 1. The van der Waals surface area contributed by atoms with Crippen LogP contribution in [0.15, 0.2) is 12.2 Å². The summed E-state index contributed by atoms with van der Waals surface area (Å²) in [6, 6.07) is 0. The van der Waals surface area contributed by atoms with Crippen LogP contribution in [0.3, 0.4) is 0 Å². The monoisotopic (exact) mass is 142 g/mol. The predicted octanol–water partition coefficient (Wildman–Crippen LogP) is 3.09. The minimum atomic E-state index is -0.928. The summed E-state index contributed by atoms with van der Waals surface area (Å²) < 4.78 is 13.3. The molecule has 10 heavy (non-hydrogen) atoms. The molecule has 0 heterocycles. The maximum absolute atomic E-state index is 13.3. The highest BCUT2D eigenvalue weighted by Crippen LogP contribution is 2.29. The minimum absolute atomic E-state index is 0.414. The molecule has 0 fully saturated rings. The Bertz CT molecular complexity index is 136. The Morgan fingerprint density at radius 2 is 2.30 bits per heavy atom. The van der Waals surface area contributed by atoms with Gasteiger partial charge in [0.05, 0.1) is 0 Å². The van der Waals surface area contributed by atoms with Gasteiger partial charge in [0.15, 0.2) is 0 Å². The van der Waals surface area contributed by atoms with Crippen molar-refractivity contribution in [1.82, 2.24) is 0 Å². The van der Waals surface area contributed by atoms with E-state index in [1.807, 2.05) is 0 Å². The Labute approximate surface area is 62.1 Å². The molecule has 58 valence electrons. The van der Waals surface area contributed by atoms with E-state index < -0.39 is 5.67 Å². The van der Waals surface area contributed by atoms with Crippen molar-refractivity contribution >= 4 is 0 Å². The fraction of sp³-hybridized carbons (Fsp3) is 0.778. The summed E-state index contributed by atoms with van der Waals surface area (Å²) in [6.45, 7) is 3.77. The lowest BCUT2D eigenvalue weighted by Crippen LogP contribution is -2.18. The van der Waals surface area contributed by atoms with Gasteiger partial charge in [-0.25, -0.2) is 4.39 Å². The molecular formula is C9H15F. The average molecular weight is 142 g/mol. The summed E-state index contributed by atoms with van der Waals surface area (Å²) in [5.74, 6) is 0.414. The smallest absolute Gasteiger partial charge is 0.109 e. The van der Waals surface area contributed by atoms with Crippen LogP contribution in [0.1, 0.15) is 33.1 Å². The summed E-state index contributed by atoms with van der Waals surface area (Å²) in [5, 5.41) is 0. The molecule has 1 aliphatic carbocycles. The SMILES string of the molecule is CC1C=CCCC(C)(F)C1. The van der Waals surface area contributed by atoms with Crippen LogP contribution < -0.4 is 0 Å². The van der Waals surface area contributed by atoms with Gasteiger partial charge in [-0.05, 0) is 32.1 Å². The van der Waals surface area contributed by atoms with E-state index in [1.54, 1.807) is 6.92 Å². The molecule has 0 saturated carbocycles. The number of hydrogen-bond donors (Lipinski definition) is 0. The van der Waals surface area contributed by atoms with Crippen LogP contribution in [0.5, 0.6) is 0 Å².